The van der Waals surface area contributed by atoms with Gasteiger partial charge in [-0.3, -0.25) is 4.79 Å². The third-order valence-electron chi connectivity index (χ3n) is 3.32. The predicted octanol–water partition coefficient (Wildman–Crippen LogP) is 2.53. The van der Waals surface area contributed by atoms with Gasteiger partial charge in [-0.05, 0) is 25.8 Å². The van der Waals surface area contributed by atoms with Crippen LogP contribution < -0.4 is 11.1 Å². The summed E-state index contributed by atoms with van der Waals surface area (Å²) < 4.78 is 13.9. The number of carboxylic acid groups (broad SMARTS) is 1. The van der Waals surface area contributed by atoms with Crippen molar-refractivity contribution in [3.63, 3.8) is 0 Å². The number of hydrogen-bond donors (Lipinski definition) is 3. The highest BCUT2D eigenvalue weighted by molar-refractivity contribution is 6.02. The Kier molecular flexibility index (Phi) is 5.07. The molecule has 0 spiro atoms. The Labute approximate surface area is 117 Å². The van der Waals surface area contributed by atoms with Crippen LogP contribution >= 0.6 is 0 Å². The molecule has 0 fully saturated rings. The van der Waals surface area contributed by atoms with Crippen LogP contribution in [0.5, 0.6) is 0 Å². The second-order valence-electron chi connectivity index (χ2n) is 4.61. The summed E-state index contributed by atoms with van der Waals surface area (Å²) in [5, 5.41) is 12.1. The fraction of sp³-hybridized carbons (Fsp3) is 0.429. The Balaban J connectivity index is 3.46. The van der Waals surface area contributed by atoms with Crippen LogP contribution in [0.1, 0.15) is 53.0 Å². The van der Waals surface area contributed by atoms with E-state index >= 15 is 0 Å². The van der Waals surface area contributed by atoms with Crippen molar-refractivity contribution in [2.45, 2.75) is 39.7 Å². The number of rotatable bonds is 6. The van der Waals surface area contributed by atoms with Gasteiger partial charge in [0.2, 0.25) is 0 Å². The van der Waals surface area contributed by atoms with Gasteiger partial charge in [-0.1, -0.05) is 13.8 Å². The Bertz CT molecular complexity index is 540. The number of carbonyl (C=O) groups is 2. The van der Waals surface area contributed by atoms with Crippen molar-refractivity contribution in [2.75, 3.05) is 5.32 Å². The summed E-state index contributed by atoms with van der Waals surface area (Å²) in [6.45, 7) is 5.26. The minimum Gasteiger partial charge on any atom is -0.478 e. The predicted molar refractivity (Wildman–Crippen MR) is 74.6 cm³/mol. The largest absolute Gasteiger partial charge is 0.478 e. The lowest BCUT2D eigenvalue weighted by Gasteiger charge is -2.20. The number of benzene rings is 1. The van der Waals surface area contributed by atoms with E-state index in [9.17, 15) is 14.0 Å². The first-order valence-corrected chi connectivity index (χ1v) is 6.46. The average Bonchev–Trinajstić information content (AvgIpc) is 2.38. The lowest BCUT2D eigenvalue weighted by atomic mass is 9.99. The molecular formula is C14H19FN2O3. The highest BCUT2D eigenvalue weighted by Gasteiger charge is 2.23. The van der Waals surface area contributed by atoms with Crippen LogP contribution in [0.3, 0.4) is 0 Å². The van der Waals surface area contributed by atoms with E-state index in [0.29, 0.717) is 0 Å². The maximum absolute atomic E-state index is 13.9. The van der Waals surface area contributed by atoms with Crippen molar-refractivity contribution in [3.05, 3.63) is 28.6 Å². The quantitative estimate of drug-likeness (QED) is 0.747. The number of aromatic carboxylic acids is 1. The van der Waals surface area contributed by atoms with Gasteiger partial charge < -0.3 is 16.2 Å². The topological polar surface area (TPSA) is 92.4 Å². The molecule has 0 aliphatic carbocycles. The molecule has 0 atom stereocenters. The smallest absolute Gasteiger partial charge is 0.338 e. The molecule has 1 aromatic carbocycles. The SMILES string of the molecule is CCC(CC)Nc1cc(C(=O)O)c(F)c(C)c1C(N)=O. The first-order valence-electron chi connectivity index (χ1n) is 6.46. The van der Waals surface area contributed by atoms with Crippen LogP contribution in [0.4, 0.5) is 10.1 Å². The summed E-state index contributed by atoms with van der Waals surface area (Å²) >= 11 is 0. The number of halogens is 1. The number of hydrogen-bond acceptors (Lipinski definition) is 3. The molecule has 0 heterocycles. The van der Waals surface area contributed by atoms with Crippen molar-refractivity contribution in [2.24, 2.45) is 5.73 Å². The summed E-state index contributed by atoms with van der Waals surface area (Å²) in [5.74, 6) is -3.09. The molecule has 1 amide bonds. The van der Waals surface area contributed by atoms with Gasteiger partial charge in [0.15, 0.2) is 0 Å². The number of nitrogens with two attached hydrogens (primary N) is 1. The van der Waals surface area contributed by atoms with Gasteiger partial charge in [0.25, 0.3) is 5.91 Å². The number of amides is 1. The van der Waals surface area contributed by atoms with Crippen LogP contribution in [-0.4, -0.2) is 23.0 Å². The Morgan fingerprint density at radius 2 is 1.95 bits per heavy atom. The number of nitrogens with one attached hydrogen (secondary N) is 1. The summed E-state index contributed by atoms with van der Waals surface area (Å²) in [6, 6.07) is 1.18. The van der Waals surface area contributed by atoms with Crippen molar-refractivity contribution in [1.29, 1.82) is 0 Å². The maximum atomic E-state index is 13.9. The van der Waals surface area contributed by atoms with Crippen molar-refractivity contribution in [3.8, 4) is 0 Å². The zero-order chi connectivity index (χ0) is 15.4. The van der Waals surface area contributed by atoms with E-state index in [1.165, 1.54) is 6.92 Å². The molecular weight excluding hydrogens is 263 g/mol. The molecule has 0 bridgehead atoms. The Morgan fingerprint density at radius 3 is 2.35 bits per heavy atom. The molecule has 110 valence electrons. The van der Waals surface area contributed by atoms with E-state index in [2.05, 4.69) is 5.32 Å². The second-order valence-corrected chi connectivity index (χ2v) is 4.61. The van der Waals surface area contributed by atoms with E-state index in [4.69, 9.17) is 10.8 Å². The molecule has 0 saturated heterocycles. The van der Waals surface area contributed by atoms with Crippen LogP contribution in [-0.2, 0) is 0 Å². The first-order chi connectivity index (χ1) is 9.33. The molecule has 0 radical (unpaired) electrons. The normalized spacial score (nSPS) is 10.7. The molecule has 0 unspecified atom stereocenters. The van der Waals surface area contributed by atoms with Gasteiger partial charge in [0.05, 0.1) is 11.1 Å². The average molecular weight is 282 g/mol. The minimum absolute atomic E-state index is 0.000556. The van der Waals surface area contributed by atoms with Crippen molar-refractivity contribution < 1.29 is 19.1 Å². The third-order valence-corrected chi connectivity index (χ3v) is 3.32. The van der Waals surface area contributed by atoms with E-state index in [1.54, 1.807) is 0 Å². The van der Waals surface area contributed by atoms with Crippen LogP contribution in [0.25, 0.3) is 0 Å². The number of carboxylic acids is 1. The van der Waals surface area contributed by atoms with Gasteiger partial charge in [-0.2, -0.15) is 0 Å². The van der Waals surface area contributed by atoms with Crippen LogP contribution in [0, 0.1) is 12.7 Å². The fourth-order valence-corrected chi connectivity index (χ4v) is 2.09. The summed E-state index contributed by atoms with van der Waals surface area (Å²) in [6.07, 6.45) is 1.57. The molecule has 4 N–H and O–H groups in total. The monoisotopic (exact) mass is 282 g/mol. The maximum Gasteiger partial charge on any atom is 0.338 e. The zero-order valence-electron chi connectivity index (χ0n) is 11.8. The Morgan fingerprint density at radius 1 is 1.40 bits per heavy atom. The standard InChI is InChI=1S/C14H19FN2O3/c1-4-8(5-2)17-10-6-9(14(19)20)12(15)7(3)11(10)13(16)18/h6,8,17H,4-5H2,1-3H3,(H2,16,18)(H,19,20). The minimum atomic E-state index is -1.38. The molecule has 0 aliphatic rings. The van der Waals surface area contributed by atoms with E-state index in [1.807, 2.05) is 13.8 Å². The second kappa shape index (κ2) is 6.36. The van der Waals surface area contributed by atoms with Gasteiger partial charge in [0.1, 0.15) is 5.82 Å². The molecule has 6 heteroatoms. The van der Waals surface area contributed by atoms with E-state index in [0.717, 1.165) is 18.9 Å². The lowest BCUT2D eigenvalue weighted by Crippen LogP contribution is -2.23. The molecule has 1 rings (SSSR count). The fourth-order valence-electron chi connectivity index (χ4n) is 2.09. The van der Waals surface area contributed by atoms with Crippen LogP contribution in [0.2, 0.25) is 0 Å². The molecule has 5 nitrogen and oxygen atoms in total. The third kappa shape index (κ3) is 3.07. The first kappa shape index (κ1) is 15.9. The van der Waals surface area contributed by atoms with Gasteiger partial charge in [-0.15, -0.1) is 0 Å². The molecule has 0 aromatic heterocycles. The van der Waals surface area contributed by atoms with Gasteiger partial charge in [-0.25, -0.2) is 9.18 Å². The number of primary amides is 1. The van der Waals surface area contributed by atoms with E-state index in [-0.39, 0.29) is 22.9 Å². The Hall–Kier alpha value is -2.11. The van der Waals surface area contributed by atoms with Crippen LogP contribution in [0.15, 0.2) is 6.07 Å². The molecule has 0 saturated carbocycles. The van der Waals surface area contributed by atoms with Crippen molar-refractivity contribution in [1.82, 2.24) is 0 Å². The number of carbonyl (C=O) groups excluding carboxylic acids is 1. The summed E-state index contributed by atoms with van der Waals surface area (Å²) in [7, 11) is 0. The summed E-state index contributed by atoms with van der Waals surface area (Å²) in [4.78, 5) is 22.6. The summed E-state index contributed by atoms with van der Waals surface area (Å²) in [5.41, 5.74) is 5.02. The van der Waals surface area contributed by atoms with Crippen molar-refractivity contribution >= 4 is 17.6 Å². The number of anilines is 1. The highest BCUT2D eigenvalue weighted by Crippen LogP contribution is 2.27. The van der Waals surface area contributed by atoms with Gasteiger partial charge in [0, 0.05) is 17.3 Å². The highest BCUT2D eigenvalue weighted by atomic mass is 19.1. The van der Waals surface area contributed by atoms with E-state index < -0.39 is 23.3 Å². The molecule has 20 heavy (non-hydrogen) atoms. The lowest BCUT2D eigenvalue weighted by molar-refractivity contribution is 0.0691. The molecule has 0 aliphatic heterocycles. The zero-order valence-corrected chi connectivity index (χ0v) is 11.8. The van der Waals surface area contributed by atoms with Gasteiger partial charge >= 0.3 is 5.97 Å². The molecule has 1 aromatic rings.